The Balaban J connectivity index is 1.75. The highest BCUT2D eigenvalue weighted by Crippen LogP contribution is 2.26. The number of ether oxygens (including phenoxy) is 1. The van der Waals surface area contributed by atoms with Crippen molar-refractivity contribution in [2.45, 2.75) is 46.3 Å². The number of likely N-dealkylation sites (tertiary alicyclic amines) is 1. The normalized spacial score (nSPS) is 17.1. The third kappa shape index (κ3) is 4.01. The van der Waals surface area contributed by atoms with Gasteiger partial charge in [0.2, 0.25) is 11.6 Å². The van der Waals surface area contributed by atoms with Crippen molar-refractivity contribution in [2.24, 2.45) is 5.92 Å². The molecule has 1 fully saturated rings. The molecule has 28 heavy (non-hydrogen) atoms. The van der Waals surface area contributed by atoms with Crippen LogP contribution in [0.15, 0.2) is 40.8 Å². The molecule has 0 aliphatic carbocycles. The summed E-state index contributed by atoms with van der Waals surface area (Å²) in [5.41, 5.74) is 0.947. The van der Waals surface area contributed by atoms with Crippen LogP contribution in [-0.2, 0) is 16.0 Å². The predicted octanol–water partition coefficient (Wildman–Crippen LogP) is 3.28. The fourth-order valence-corrected chi connectivity index (χ4v) is 3.28. The van der Waals surface area contributed by atoms with Crippen molar-refractivity contribution < 1.29 is 23.5 Å². The van der Waals surface area contributed by atoms with E-state index < -0.39 is 23.4 Å². The fourth-order valence-electron chi connectivity index (χ4n) is 3.28. The molecule has 1 unspecified atom stereocenters. The summed E-state index contributed by atoms with van der Waals surface area (Å²) in [7, 11) is 0. The molecule has 2 heterocycles. The quantitative estimate of drug-likeness (QED) is 0.417. The summed E-state index contributed by atoms with van der Waals surface area (Å²) in [4.78, 5) is 38.4. The van der Waals surface area contributed by atoms with Crippen LogP contribution in [0.5, 0.6) is 5.75 Å². The first-order valence-corrected chi connectivity index (χ1v) is 9.50. The maximum Gasteiger partial charge on any atom is 0.291 e. The summed E-state index contributed by atoms with van der Waals surface area (Å²) in [6, 6.07) is 10.8. The molecule has 6 heteroatoms. The maximum absolute atomic E-state index is 12.7. The minimum Gasteiger partial charge on any atom is -0.491 e. The Morgan fingerprint density at radius 2 is 1.86 bits per heavy atom. The summed E-state index contributed by atoms with van der Waals surface area (Å²) in [6.45, 7) is 7.66. The van der Waals surface area contributed by atoms with Crippen LogP contribution in [0.25, 0.3) is 0 Å². The lowest BCUT2D eigenvalue weighted by atomic mass is 10.0. The van der Waals surface area contributed by atoms with Crippen LogP contribution < -0.4 is 4.74 Å². The molecule has 3 rings (SSSR count). The van der Waals surface area contributed by atoms with Crippen LogP contribution in [0.3, 0.4) is 0 Å². The fraction of sp³-hybridized carbons (Fsp3) is 0.409. The van der Waals surface area contributed by atoms with Crippen molar-refractivity contribution in [3.8, 4) is 5.75 Å². The zero-order valence-corrected chi connectivity index (χ0v) is 16.6. The molecule has 1 aromatic carbocycles. The first kappa shape index (κ1) is 19.9. The Bertz CT molecular complexity index is 896. The lowest BCUT2D eigenvalue weighted by molar-refractivity contribution is -0.141. The molecule has 1 aliphatic heterocycles. The molecule has 1 saturated heterocycles. The number of carbonyl (C=O) groups excluding carboxylic acids is 3. The average molecular weight is 383 g/mol. The highest BCUT2D eigenvalue weighted by Gasteiger charge is 2.44. The van der Waals surface area contributed by atoms with Crippen LogP contribution in [0, 0.1) is 5.92 Å². The van der Waals surface area contributed by atoms with Gasteiger partial charge in [0.15, 0.2) is 5.76 Å². The number of rotatable bonds is 7. The molecule has 0 bridgehead atoms. The van der Waals surface area contributed by atoms with Gasteiger partial charge in [0, 0.05) is 24.6 Å². The van der Waals surface area contributed by atoms with Gasteiger partial charge in [0.25, 0.3) is 5.91 Å². The Morgan fingerprint density at radius 3 is 2.50 bits per heavy atom. The maximum atomic E-state index is 12.7. The van der Waals surface area contributed by atoms with Crippen molar-refractivity contribution in [2.75, 3.05) is 6.54 Å². The molecule has 1 amide bonds. The van der Waals surface area contributed by atoms with E-state index in [9.17, 15) is 14.4 Å². The highest BCUT2D eigenvalue weighted by atomic mass is 16.5. The molecule has 148 valence electrons. The number of nitrogens with zero attached hydrogens (tertiary/aromatic N) is 1. The highest BCUT2D eigenvalue weighted by molar-refractivity contribution is 6.43. The van der Waals surface area contributed by atoms with Crippen LogP contribution in [0.2, 0.25) is 0 Å². The van der Waals surface area contributed by atoms with Gasteiger partial charge in [-0.1, -0.05) is 18.2 Å². The van der Waals surface area contributed by atoms with Gasteiger partial charge < -0.3 is 14.1 Å². The number of hydrogen-bond acceptors (Lipinski definition) is 5. The lowest BCUT2D eigenvalue weighted by Gasteiger charge is -2.19. The van der Waals surface area contributed by atoms with E-state index in [0.717, 1.165) is 11.3 Å². The molecule has 1 aliphatic rings. The van der Waals surface area contributed by atoms with Gasteiger partial charge in [0.05, 0.1) is 6.10 Å². The van der Waals surface area contributed by atoms with E-state index in [-0.39, 0.29) is 24.5 Å². The van der Waals surface area contributed by atoms with Gasteiger partial charge in [-0.15, -0.1) is 0 Å². The Kier molecular flexibility index (Phi) is 5.68. The summed E-state index contributed by atoms with van der Waals surface area (Å²) >= 11 is 0. The summed E-state index contributed by atoms with van der Waals surface area (Å²) in [5, 5.41) is 0. The lowest BCUT2D eigenvalue weighted by Crippen LogP contribution is -2.33. The summed E-state index contributed by atoms with van der Waals surface area (Å²) < 4.78 is 11.5. The summed E-state index contributed by atoms with van der Waals surface area (Å²) in [6.07, 6.45) is 0.510. The molecule has 0 saturated carbocycles. The molecule has 1 atom stereocenters. The van der Waals surface area contributed by atoms with Crippen molar-refractivity contribution in [3.63, 3.8) is 0 Å². The third-order valence-corrected chi connectivity index (χ3v) is 4.71. The van der Waals surface area contributed by atoms with Crippen molar-refractivity contribution in [3.05, 3.63) is 53.5 Å². The number of para-hydroxylation sites is 1. The van der Waals surface area contributed by atoms with Crippen LogP contribution in [-0.4, -0.2) is 41.1 Å². The van der Waals surface area contributed by atoms with Gasteiger partial charge in [0.1, 0.15) is 17.4 Å². The number of furan rings is 1. The topological polar surface area (TPSA) is 76.8 Å². The molecule has 1 aromatic heterocycles. The predicted molar refractivity (Wildman–Crippen MR) is 103 cm³/mol. The standard InChI is InChI=1S/C22H25NO5/c1-13(2)23-12-17(21(25)22(23)26)20(24)19-10-9-16(28-19)11-15-7-5-6-8-18(15)27-14(3)4/h5-10,13-14,17H,11-12H2,1-4H3. The summed E-state index contributed by atoms with van der Waals surface area (Å²) in [5.74, 6) is -1.22. The van der Waals surface area contributed by atoms with Gasteiger partial charge in [-0.05, 0) is 45.9 Å². The van der Waals surface area contributed by atoms with Crippen LogP contribution in [0.4, 0.5) is 0 Å². The SMILES string of the molecule is CC(C)Oc1ccccc1Cc1ccc(C(=O)C2CN(C(C)C)C(=O)C2=O)o1. The Labute approximate surface area is 164 Å². The second-order valence-corrected chi connectivity index (χ2v) is 7.55. The number of hydrogen-bond donors (Lipinski definition) is 0. The zero-order valence-electron chi connectivity index (χ0n) is 16.6. The molecule has 0 N–H and O–H groups in total. The van der Waals surface area contributed by atoms with Gasteiger partial charge >= 0.3 is 0 Å². The van der Waals surface area contributed by atoms with E-state index >= 15 is 0 Å². The number of ketones is 2. The van der Waals surface area contributed by atoms with E-state index in [2.05, 4.69) is 0 Å². The first-order chi connectivity index (χ1) is 13.3. The van der Waals surface area contributed by atoms with E-state index in [4.69, 9.17) is 9.15 Å². The van der Waals surface area contributed by atoms with E-state index in [0.29, 0.717) is 12.2 Å². The van der Waals surface area contributed by atoms with Crippen LogP contribution >= 0.6 is 0 Å². The van der Waals surface area contributed by atoms with E-state index in [1.165, 1.54) is 4.90 Å². The van der Waals surface area contributed by atoms with Crippen molar-refractivity contribution in [1.82, 2.24) is 4.90 Å². The molecule has 0 radical (unpaired) electrons. The third-order valence-electron chi connectivity index (χ3n) is 4.71. The number of benzene rings is 1. The smallest absolute Gasteiger partial charge is 0.291 e. The first-order valence-electron chi connectivity index (χ1n) is 9.50. The Hall–Kier alpha value is -2.89. The second kappa shape index (κ2) is 8.00. The Morgan fingerprint density at radius 1 is 1.14 bits per heavy atom. The van der Waals surface area contributed by atoms with Crippen molar-refractivity contribution >= 4 is 17.5 Å². The minimum atomic E-state index is -0.995. The van der Waals surface area contributed by atoms with Gasteiger partial charge in [-0.25, -0.2) is 0 Å². The monoisotopic (exact) mass is 383 g/mol. The molecule has 6 nitrogen and oxygen atoms in total. The largest absolute Gasteiger partial charge is 0.491 e. The second-order valence-electron chi connectivity index (χ2n) is 7.55. The molecular formula is C22H25NO5. The minimum absolute atomic E-state index is 0.0460. The molecule has 2 aromatic rings. The van der Waals surface area contributed by atoms with Gasteiger partial charge in [-0.3, -0.25) is 14.4 Å². The molecule has 0 spiro atoms. The van der Waals surface area contributed by atoms with E-state index in [1.807, 2.05) is 52.0 Å². The van der Waals surface area contributed by atoms with Crippen molar-refractivity contribution in [1.29, 1.82) is 0 Å². The van der Waals surface area contributed by atoms with Gasteiger partial charge in [-0.2, -0.15) is 0 Å². The number of Topliss-reactive ketones (excluding diaryl/α,β-unsaturated/α-hetero) is 2. The molecular weight excluding hydrogens is 358 g/mol. The average Bonchev–Trinajstić information content (AvgIpc) is 3.21. The zero-order chi connectivity index (χ0) is 20.4. The number of amides is 1. The van der Waals surface area contributed by atoms with Crippen LogP contribution in [0.1, 0.15) is 49.6 Å². The van der Waals surface area contributed by atoms with E-state index in [1.54, 1.807) is 12.1 Å². The number of carbonyl (C=O) groups is 3.